The number of nitrogens with one attached hydrogen (secondary N) is 1. The second kappa shape index (κ2) is 10.0. The molecule has 1 unspecified atom stereocenters. The summed E-state index contributed by atoms with van der Waals surface area (Å²) in [5.41, 5.74) is 0. The Morgan fingerprint density at radius 1 is 1.32 bits per heavy atom. The van der Waals surface area contributed by atoms with Crippen LogP contribution in [-0.2, 0) is 9.53 Å². The molecule has 0 saturated carbocycles. The number of carbonyl (C=O) groups is 1. The molecule has 0 aromatic heterocycles. The maximum Gasteiger partial charge on any atom is 0.411 e. The highest BCUT2D eigenvalue weighted by atomic mass is 19.4. The molecule has 0 aliphatic heterocycles. The Balaban J connectivity index is 3.24. The predicted molar refractivity (Wildman–Crippen MR) is 65.0 cm³/mol. The van der Waals surface area contributed by atoms with Gasteiger partial charge >= 0.3 is 12.1 Å². The van der Waals surface area contributed by atoms with Crippen molar-refractivity contribution >= 4 is 5.97 Å². The lowest BCUT2D eigenvalue weighted by Crippen LogP contribution is -2.22. The summed E-state index contributed by atoms with van der Waals surface area (Å²) >= 11 is 0. The Bertz CT molecular complexity index is 247. The van der Waals surface area contributed by atoms with Gasteiger partial charge in [-0.3, -0.25) is 4.79 Å². The minimum atomic E-state index is -4.26. The third kappa shape index (κ3) is 15.1. The van der Waals surface area contributed by atoms with E-state index < -0.39 is 18.8 Å². The van der Waals surface area contributed by atoms with Gasteiger partial charge in [-0.25, -0.2) is 0 Å². The summed E-state index contributed by atoms with van der Waals surface area (Å²) in [5, 5.41) is 11.6. The largest absolute Gasteiger partial charge is 0.481 e. The van der Waals surface area contributed by atoms with Gasteiger partial charge in [0.15, 0.2) is 0 Å². The van der Waals surface area contributed by atoms with E-state index in [-0.39, 0.29) is 13.0 Å². The Hall–Kier alpha value is -0.820. The Morgan fingerprint density at radius 3 is 2.58 bits per heavy atom. The van der Waals surface area contributed by atoms with Crippen molar-refractivity contribution in [1.82, 2.24) is 5.32 Å². The van der Waals surface area contributed by atoms with E-state index in [0.29, 0.717) is 25.3 Å². The van der Waals surface area contributed by atoms with Crippen LogP contribution in [0.25, 0.3) is 0 Å². The van der Waals surface area contributed by atoms with Gasteiger partial charge in [0.2, 0.25) is 0 Å². The molecule has 0 amide bonds. The van der Waals surface area contributed by atoms with Gasteiger partial charge in [-0.05, 0) is 38.3 Å². The summed E-state index contributed by atoms with van der Waals surface area (Å²) in [7, 11) is 0. The molecule has 0 rings (SSSR count). The summed E-state index contributed by atoms with van der Waals surface area (Å²) in [4.78, 5) is 10.3. The van der Waals surface area contributed by atoms with Crippen molar-refractivity contribution in [2.75, 3.05) is 26.3 Å². The maximum atomic E-state index is 11.7. The van der Waals surface area contributed by atoms with E-state index in [2.05, 4.69) is 10.1 Å². The molecule has 7 heteroatoms. The van der Waals surface area contributed by atoms with Gasteiger partial charge in [-0.15, -0.1) is 0 Å². The molecule has 0 fully saturated rings. The molecule has 0 spiro atoms. The van der Waals surface area contributed by atoms with Crippen LogP contribution in [0, 0.1) is 5.92 Å². The zero-order chi connectivity index (χ0) is 14.7. The molecule has 0 aromatic carbocycles. The molecule has 4 nitrogen and oxygen atoms in total. The summed E-state index contributed by atoms with van der Waals surface area (Å²) in [6.07, 6.45) is -2.05. The van der Waals surface area contributed by atoms with E-state index in [4.69, 9.17) is 5.11 Å². The number of hydrogen-bond acceptors (Lipinski definition) is 3. The van der Waals surface area contributed by atoms with Crippen LogP contribution in [0.4, 0.5) is 13.2 Å². The van der Waals surface area contributed by atoms with E-state index in [1.165, 1.54) is 0 Å². The highest BCUT2D eigenvalue weighted by Gasteiger charge is 2.27. The molecule has 0 saturated heterocycles. The molecule has 114 valence electrons. The molecular formula is C12H22F3NO3. The lowest BCUT2D eigenvalue weighted by atomic mass is 10.0. The molecule has 0 aliphatic carbocycles. The number of hydrogen-bond donors (Lipinski definition) is 2. The van der Waals surface area contributed by atoms with Crippen LogP contribution in [0.5, 0.6) is 0 Å². The zero-order valence-electron chi connectivity index (χ0n) is 11.1. The number of alkyl halides is 3. The number of ether oxygens (including phenoxy) is 1. The summed E-state index contributed by atoms with van der Waals surface area (Å²) in [6.45, 7) is 2.21. The normalized spacial score (nSPS) is 13.5. The quantitative estimate of drug-likeness (QED) is 0.572. The minimum Gasteiger partial charge on any atom is -0.481 e. The highest BCUT2D eigenvalue weighted by molar-refractivity contribution is 5.66. The first-order valence-electron chi connectivity index (χ1n) is 6.38. The maximum absolute atomic E-state index is 11.7. The standard InChI is InChI=1S/C12H22F3NO3/c1-10(3-4-11(17)18)5-7-16-6-2-8-19-9-12(13,14)15/h10,16H,2-9H2,1H3,(H,17,18). The fraction of sp³-hybridized carbons (Fsp3) is 0.917. The number of aliphatic carboxylic acids is 1. The monoisotopic (exact) mass is 285 g/mol. The lowest BCUT2D eigenvalue weighted by molar-refractivity contribution is -0.173. The van der Waals surface area contributed by atoms with Gasteiger partial charge in [-0.2, -0.15) is 13.2 Å². The van der Waals surface area contributed by atoms with Crippen LogP contribution in [0.2, 0.25) is 0 Å². The third-order valence-corrected chi connectivity index (χ3v) is 2.57. The van der Waals surface area contributed by atoms with E-state index >= 15 is 0 Å². The molecule has 2 N–H and O–H groups in total. The first kappa shape index (κ1) is 18.2. The Labute approximate surface area is 111 Å². The average Bonchev–Trinajstić information content (AvgIpc) is 2.28. The van der Waals surface area contributed by atoms with E-state index in [1.54, 1.807) is 0 Å². The molecule has 0 radical (unpaired) electrons. The number of halogens is 3. The van der Waals surface area contributed by atoms with Crippen LogP contribution < -0.4 is 5.32 Å². The van der Waals surface area contributed by atoms with E-state index in [0.717, 1.165) is 13.0 Å². The van der Waals surface area contributed by atoms with Gasteiger partial charge in [0.25, 0.3) is 0 Å². The molecule has 0 aliphatic rings. The van der Waals surface area contributed by atoms with Crippen LogP contribution in [0.1, 0.15) is 32.6 Å². The number of carboxylic acids is 1. The van der Waals surface area contributed by atoms with Crippen molar-refractivity contribution in [3.63, 3.8) is 0 Å². The van der Waals surface area contributed by atoms with Gasteiger partial charge in [-0.1, -0.05) is 6.92 Å². The van der Waals surface area contributed by atoms with Gasteiger partial charge in [0, 0.05) is 13.0 Å². The first-order valence-corrected chi connectivity index (χ1v) is 6.38. The third-order valence-electron chi connectivity index (χ3n) is 2.57. The predicted octanol–water partition coefficient (Wildman–Crippen LogP) is 2.44. The fourth-order valence-corrected chi connectivity index (χ4v) is 1.47. The molecule has 0 aromatic rings. The SMILES string of the molecule is CC(CCNCCCOCC(F)(F)F)CCC(=O)O. The van der Waals surface area contributed by atoms with Crippen molar-refractivity contribution in [1.29, 1.82) is 0 Å². The van der Waals surface area contributed by atoms with Crippen molar-refractivity contribution in [3.8, 4) is 0 Å². The summed E-state index contributed by atoms with van der Waals surface area (Å²) < 4.78 is 39.6. The van der Waals surface area contributed by atoms with E-state index in [1.807, 2.05) is 6.92 Å². The van der Waals surface area contributed by atoms with Crippen molar-refractivity contribution in [2.24, 2.45) is 5.92 Å². The Morgan fingerprint density at radius 2 is 2.00 bits per heavy atom. The van der Waals surface area contributed by atoms with Gasteiger partial charge in [0.05, 0.1) is 0 Å². The van der Waals surface area contributed by atoms with E-state index in [9.17, 15) is 18.0 Å². The van der Waals surface area contributed by atoms with Crippen LogP contribution in [0.3, 0.4) is 0 Å². The number of rotatable bonds is 11. The second-order valence-corrected chi connectivity index (χ2v) is 4.60. The van der Waals surface area contributed by atoms with Gasteiger partial charge in [0.1, 0.15) is 6.61 Å². The van der Waals surface area contributed by atoms with Crippen LogP contribution in [-0.4, -0.2) is 43.6 Å². The molecule has 1 atom stereocenters. The number of carboxylic acid groups (broad SMARTS) is 1. The summed E-state index contributed by atoms with van der Waals surface area (Å²) in [6, 6.07) is 0. The molecule has 0 heterocycles. The lowest BCUT2D eigenvalue weighted by Gasteiger charge is -2.11. The summed E-state index contributed by atoms with van der Waals surface area (Å²) in [5.74, 6) is -0.466. The average molecular weight is 285 g/mol. The van der Waals surface area contributed by atoms with Crippen molar-refractivity contribution in [2.45, 2.75) is 38.8 Å². The fourth-order valence-electron chi connectivity index (χ4n) is 1.47. The zero-order valence-corrected chi connectivity index (χ0v) is 11.1. The second-order valence-electron chi connectivity index (χ2n) is 4.60. The van der Waals surface area contributed by atoms with Crippen LogP contribution in [0.15, 0.2) is 0 Å². The highest BCUT2D eigenvalue weighted by Crippen LogP contribution is 2.14. The topological polar surface area (TPSA) is 58.6 Å². The van der Waals surface area contributed by atoms with Gasteiger partial charge < -0.3 is 15.2 Å². The molecular weight excluding hydrogens is 263 g/mol. The molecule has 19 heavy (non-hydrogen) atoms. The molecule has 0 bridgehead atoms. The van der Waals surface area contributed by atoms with Crippen molar-refractivity contribution in [3.05, 3.63) is 0 Å². The van der Waals surface area contributed by atoms with Crippen LogP contribution >= 0.6 is 0 Å². The minimum absolute atomic E-state index is 0.0844. The Kier molecular flexibility index (Phi) is 9.59. The first-order chi connectivity index (χ1) is 8.81. The smallest absolute Gasteiger partial charge is 0.411 e. The van der Waals surface area contributed by atoms with Crippen molar-refractivity contribution < 1.29 is 27.8 Å².